The second-order valence-corrected chi connectivity index (χ2v) is 14.1. The van der Waals surface area contributed by atoms with E-state index in [2.05, 4.69) is 0 Å². The van der Waals surface area contributed by atoms with Gasteiger partial charge in [-0.1, -0.05) is 66.1 Å². The lowest BCUT2D eigenvalue weighted by Gasteiger charge is -2.55. The molecule has 240 valence electrons. The average molecular weight is 631 g/mol. The van der Waals surface area contributed by atoms with E-state index in [1.165, 1.54) is 9.80 Å². The molecule has 0 spiro atoms. The summed E-state index contributed by atoms with van der Waals surface area (Å²) >= 11 is 0. The number of allylic oxidation sites excluding steroid dienone is 1. The van der Waals surface area contributed by atoms with Gasteiger partial charge in [0.2, 0.25) is 23.6 Å². The number of benzene rings is 3. The number of hydrogen-bond acceptors (Lipinski definition) is 6. The largest absolute Gasteiger partial charge is 0.423 e. The van der Waals surface area contributed by atoms with E-state index in [4.69, 9.17) is 4.74 Å². The molecular formula is C39H38N2O6. The molecular weight excluding hydrogens is 592 g/mol. The highest BCUT2D eigenvalue weighted by Gasteiger charge is 2.77. The lowest BCUT2D eigenvalue weighted by molar-refractivity contribution is -0.152. The summed E-state index contributed by atoms with van der Waals surface area (Å²) in [5.41, 5.74) is 5.37. The van der Waals surface area contributed by atoms with Crippen molar-refractivity contribution in [2.45, 2.75) is 55.4 Å². The number of nitrogens with zero attached hydrogens (tertiary/aromatic N) is 2. The summed E-state index contributed by atoms with van der Waals surface area (Å²) in [5.74, 6) is -6.84. The van der Waals surface area contributed by atoms with Crippen LogP contribution in [0.1, 0.15) is 47.2 Å². The Labute approximate surface area is 274 Å². The van der Waals surface area contributed by atoms with Crippen LogP contribution in [-0.2, 0) is 24.0 Å². The van der Waals surface area contributed by atoms with Crippen molar-refractivity contribution in [3.8, 4) is 5.75 Å². The summed E-state index contributed by atoms with van der Waals surface area (Å²) in [6.07, 6.45) is 0. The van der Waals surface area contributed by atoms with Crippen LogP contribution in [0.25, 0.3) is 0 Å². The number of amides is 4. The summed E-state index contributed by atoms with van der Waals surface area (Å²) in [7, 11) is 0. The van der Waals surface area contributed by atoms with E-state index in [1.807, 2.05) is 65.8 Å². The zero-order valence-corrected chi connectivity index (χ0v) is 27.9. The molecule has 2 bridgehead atoms. The molecule has 3 aromatic rings. The first-order valence-corrected chi connectivity index (χ1v) is 16.1. The maximum absolute atomic E-state index is 14.8. The standard InChI is InChI=1S/C39H38N2O6/c1-18-14-20(3)32(21(4)15-18)40-34(42)27-26-24(7)29(38(46)47-25-12-10-9-11-13-25)39(8,30(27)36(40)44)31-28(26)35(43)41(37(31)45)33-22(5)16-19(2)17-23(33)6/h9-17,26-28,30-31H,1-8H3/t26?,27-,28+,30+,31?,39?/m0/s1. The van der Waals surface area contributed by atoms with Gasteiger partial charge in [0.1, 0.15) is 5.75 Å². The Bertz CT molecular complexity index is 1840. The number of carbonyl (C=O) groups excluding carboxylic acids is 5. The second-order valence-electron chi connectivity index (χ2n) is 14.1. The molecule has 3 fully saturated rings. The van der Waals surface area contributed by atoms with Crippen molar-refractivity contribution in [2.75, 3.05) is 9.80 Å². The molecule has 5 aliphatic rings. The fourth-order valence-corrected chi connectivity index (χ4v) is 9.74. The van der Waals surface area contributed by atoms with Crippen LogP contribution in [-0.4, -0.2) is 29.6 Å². The SMILES string of the molecule is CC1=C(C(=O)Oc2ccccc2)C2(C)C3C(=O)N(c4c(C)cc(C)cc4C)C(=O)[C@@H]3C1[C@@H]1C(=O)N(c3c(C)cc(C)cc3C)C(=O)[C@@H]12. The minimum Gasteiger partial charge on any atom is -0.423 e. The Morgan fingerprint density at radius 3 is 1.43 bits per heavy atom. The van der Waals surface area contributed by atoms with Gasteiger partial charge in [0, 0.05) is 16.9 Å². The number of imide groups is 2. The van der Waals surface area contributed by atoms with Crippen LogP contribution in [0, 0.1) is 76.5 Å². The molecule has 0 aromatic heterocycles. The third kappa shape index (κ3) is 4.03. The van der Waals surface area contributed by atoms with Crippen molar-refractivity contribution in [3.05, 3.63) is 99.1 Å². The summed E-state index contributed by atoms with van der Waals surface area (Å²) in [5, 5.41) is 0. The van der Waals surface area contributed by atoms with Crippen LogP contribution < -0.4 is 14.5 Å². The monoisotopic (exact) mass is 630 g/mol. The predicted octanol–water partition coefficient (Wildman–Crippen LogP) is 6.02. The molecule has 0 N–H and O–H groups in total. The first-order chi connectivity index (χ1) is 22.2. The van der Waals surface area contributed by atoms with Crippen LogP contribution in [0.3, 0.4) is 0 Å². The van der Waals surface area contributed by atoms with Gasteiger partial charge in [-0.25, -0.2) is 14.6 Å². The topological polar surface area (TPSA) is 101 Å². The number of aryl methyl sites for hydroxylation is 6. The van der Waals surface area contributed by atoms with Crippen molar-refractivity contribution in [3.63, 3.8) is 0 Å². The molecule has 8 rings (SSSR count). The highest BCUT2D eigenvalue weighted by molar-refractivity contribution is 6.28. The van der Waals surface area contributed by atoms with Gasteiger partial charge in [-0.3, -0.25) is 19.2 Å². The molecule has 4 amide bonds. The summed E-state index contributed by atoms with van der Waals surface area (Å²) < 4.78 is 5.87. The lowest BCUT2D eigenvalue weighted by atomic mass is 9.43. The van der Waals surface area contributed by atoms with E-state index >= 15 is 0 Å². The Hall–Kier alpha value is -4.85. The Kier molecular flexibility index (Phi) is 6.76. The van der Waals surface area contributed by atoms with Gasteiger partial charge in [0.05, 0.1) is 35.0 Å². The molecule has 3 unspecified atom stereocenters. The molecule has 6 atom stereocenters. The van der Waals surface area contributed by atoms with Gasteiger partial charge in [-0.05, 0) is 82.9 Å². The second kappa shape index (κ2) is 10.3. The van der Waals surface area contributed by atoms with E-state index in [9.17, 15) is 24.0 Å². The van der Waals surface area contributed by atoms with Crippen LogP contribution in [0.4, 0.5) is 11.4 Å². The lowest BCUT2D eigenvalue weighted by Crippen LogP contribution is -2.61. The van der Waals surface area contributed by atoms with Crippen molar-refractivity contribution in [1.29, 1.82) is 0 Å². The first-order valence-electron chi connectivity index (χ1n) is 16.1. The zero-order valence-electron chi connectivity index (χ0n) is 27.9. The normalized spacial score (nSPS) is 28.0. The number of hydrogen-bond donors (Lipinski definition) is 0. The third-order valence-corrected chi connectivity index (χ3v) is 11.1. The van der Waals surface area contributed by atoms with Crippen molar-refractivity contribution >= 4 is 41.0 Å². The van der Waals surface area contributed by atoms with Crippen molar-refractivity contribution < 1.29 is 28.7 Å². The van der Waals surface area contributed by atoms with E-state index < -0.39 is 64.6 Å². The summed E-state index contributed by atoms with van der Waals surface area (Å²) in [6, 6.07) is 16.3. The van der Waals surface area contributed by atoms with Gasteiger partial charge in [0.15, 0.2) is 0 Å². The molecule has 3 aromatic carbocycles. The van der Waals surface area contributed by atoms with Gasteiger partial charge >= 0.3 is 5.97 Å². The minimum absolute atomic E-state index is 0.203. The number of ether oxygens (including phenoxy) is 1. The van der Waals surface area contributed by atoms with Crippen LogP contribution in [0.15, 0.2) is 65.7 Å². The number of anilines is 2. The predicted molar refractivity (Wildman–Crippen MR) is 177 cm³/mol. The summed E-state index contributed by atoms with van der Waals surface area (Å²) in [6.45, 7) is 14.9. The molecule has 2 aliphatic heterocycles. The molecule has 3 aliphatic carbocycles. The molecule has 8 heteroatoms. The number of rotatable bonds is 4. The maximum Gasteiger partial charge on any atom is 0.339 e. The average Bonchev–Trinajstić information content (AvgIpc) is 3.39. The quantitative estimate of drug-likeness (QED) is 0.199. The molecule has 0 radical (unpaired) electrons. The molecule has 2 saturated heterocycles. The molecule has 2 heterocycles. The van der Waals surface area contributed by atoms with Crippen LogP contribution in [0.2, 0.25) is 0 Å². The van der Waals surface area contributed by atoms with E-state index in [1.54, 1.807) is 44.2 Å². The molecule has 8 nitrogen and oxygen atoms in total. The van der Waals surface area contributed by atoms with Gasteiger partial charge < -0.3 is 4.74 Å². The highest BCUT2D eigenvalue weighted by Crippen LogP contribution is 2.69. The van der Waals surface area contributed by atoms with Gasteiger partial charge in [0.25, 0.3) is 0 Å². The minimum atomic E-state index is -1.50. The Morgan fingerprint density at radius 2 is 1.02 bits per heavy atom. The number of carbonyl (C=O) groups is 5. The Morgan fingerprint density at radius 1 is 0.617 bits per heavy atom. The van der Waals surface area contributed by atoms with Crippen molar-refractivity contribution in [2.24, 2.45) is 35.0 Å². The van der Waals surface area contributed by atoms with E-state index in [0.29, 0.717) is 22.7 Å². The smallest absolute Gasteiger partial charge is 0.339 e. The first kappa shape index (κ1) is 30.8. The van der Waals surface area contributed by atoms with Gasteiger partial charge in [-0.15, -0.1) is 0 Å². The fraction of sp³-hybridized carbons (Fsp3) is 0.359. The number of para-hydroxylation sites is 1. The van der Waals surface area contributed by atoms with Crippen LogP contribution >= 0.6 is 0 Å². The molecule has 1 saturated carbocycles. The summed E-state index contributed by atoms with van der Waals surface area (Å²) in [4.78, 5) is 75.5. The molecule has 47 heavy (non-hydrogen) atoms. The highest BCUT2D eigenvalue weighted by atomic mass is 16.5. The van der Waals surface area contributed by atoms with Crippen LogP contribution in [0.5, 0.6) is 5.75 Å². The van der Waals surface area contributed by atoms with E-state index in [-0.39, 0.29) is 5.57 Å². The fourth-order valence-electron chi connectivity index (χ4n) is 9.74. The number of esters is 1. The zero-order chi connectivity index (χ0) is 33.9. The van der Waals surface area contributed by atoms with Gasteiger partial charge in [-0.2, -0.15) is 0 Å². The van der Waals surface area contributed by atoms with Crippen molar-refractivity contribution in [1.82, 2.24) is 0 Å². The Balaban J connectivity index is 1.43. The maximum atomic E-state index is 14.8. The third-order valence-electron chi connectivity index (χ3n) is 11.1. The van der Waals surface area contributed by atoms with E-state index in [0.717, 1.165) is 33.4 Å².